The molecule has 102 valence electrons. The Morgan fingerprint density at radius 2 is 2.16 bits per heavy atom. The first-order chi connectivity index (χ1) is 8.83. The largest absolute Gasteiger partial charge is 0.324 e. The number of carbonyl (C=O) groups is 1. The molecule has 0 saturated heterocycles. The fourth-order valence-corrected chi connectivity index (χ4v) is 2.21. The van der Waals surface area contributed by atoms with Gasteiger partial charge in [-0.25, -0.2) is 0 Å². The minimum atomic E-state index is -0.819. The van der Waals surface area contributed by atoms with E-state index < -0.39 is 10.5 Å². The molecule has 0 bridgehead atoms. The number of aryl methyl sites for hydroxylation is 1. The Labute approximate surface area is 115 Å². The molecule has 0 heterocycles. The molecule has 6 nitrogen and oxygen atoms in total. The second-order valence-electron chi connectivity index (χ2n) is 4.84. The minimum Gasteiger partial charge on any atom is -0.324 e. The van der Waals surface area contributed by atoms with Gasteiger partial charge in [0, 0.05) is 11.8 Å². The first-order valence-corrected chi connectivity index (χ1v) is 6.26. The molecule has 1 aliphatic carbocycles. The van der Waals surface area contributed by atoms with E-state index in [1.54, 1.807) is 6.92 Å². The fraction of sp³-hybridized carbons (Fsp3) is 0.417. The first-order valence-electron chi connectivity index (χ1n) is 5.88. The van der Waals surface area contributed by atoms with Gasteiger partial charge in [0.15, 0.2) is 0 Å². The second kappa shape index (κ2) is 4.79. The van der Waals surface area contributed by atoms with Crippen molar-refractivity contribution in [3.05, 3.63) is 32.8 Å². The van der Waals surface area contributed by atoms with Crippen molar-refractivity contribution in [1.82, 2.24) is 0 Å². The number of nitrogens with zero attached hydrogens (tertiary/aromatic N) is 1. The SMILES string of the molecule is Cc1cc([N+](=O)[O-])c(Cl)cc1NC(=O)C1(N)CCC1. The Kier molecular flexibility index (Phi) is 3.47. The van der Waals surface area contributed by atoms with Crippen molar-refractivity contribution in [3.63, 3.8) is 0 Å². The van der Waals surface area contributed by atoms with Gasteiger partial charge < -0.3 is 11.1 Å². The first kappa shape index (κ1) is 13.8. The van der Waals surface area contributed by atoms with E-state index in [2.05, 4.69) is 5.32 Å². The van der Waals surface area contributed by atoms with Gasteiger partial charge in [0.2, 0.25) is 5.91 Å². The highest BCUT2D eigenvalue weighted by atomic mass is 35.5. The summed E-state index contributed by atoms with van der Waals surface area (Å²) in [6.45, 7) is 1.67. The summed E-state index contributed by atoms with van der Waals surface area (Å²) in [6, 6.07) is 2.72. The number of carbonyl (C=O) groups excluding carboxylic acids is 1. The third-order valence-corrected chi connectivity index (χ3v) is 3.74. The number of rotatable bonds is 3. The van der Waals surface area contributed by atoms with Crippen molar-refractivity contribution in [1.29, 1.82) is 0 Å². The van der Waals surface area contributed by atoms with Gasteiger partial charge in [-0.05, 0) is 37.8 Å². The maximum Gasteiger partial charge on any atom is 0.288 e. The molecule has 2 rings (SSSR count). The van der Waals surface area contributed by atoms with E-state index in [1.807, 2.05) is 0 Å². The lowest BCUT2D eigenvalue weighted by Crippen LogP contribution is -2.56. The van der Waals surface area contributed by atoms with Crippen molar-refractivity contribution in [3.8, 4) is 0 Å². The van der Waals surface area contributed by atoms with Gasteiger partial charge in [-0.15, -0.1) is 0 Å². The Hall–Kier alpha value is -1.66. The highest BCUT2D eigenvalue weighted by molar-refractivity contribution is 6.33. The zero-order chi connectivity index (χ0) is 14.2. The summed E-state index contributed by atoms with van der Waals surface area (Å²) in [6.07, 6.45) is 2.24. The molecule has 1 amide bonds. The number of benzene rings is 1. The van der Waals surface area contributed by atoms with Crippen LogP contribution in [0.5, 0.6) is 0 Å². The van der Waals surface area contributed by atoms with Crippen LogP contribution in [0.1, 0.15) is 24.8 Å². The highest BCUT2D eigenvalue weighted by Gasteiger charge is 2.40. The Balaban J connectivity index is 2.24. The quantitative estimate of drug-likeness (QED) is 0.657. The standard InChI is InChI=1S/C12H14ClN3O3/c1-7-5-10(16(18)19)8(13)6-9(7)15-11(17)12(14)3-2-4-12/h5-6H,2-4,14H2,1H3,(H,15,17). The van der Waals surface area contributed by atoms with Crippen LogP contribution in [-0.2, 0) is 4.79 Å². The molecule has 1 fully saturated rings. The number of amides is 1. The molecular formula is C12H14ClN3O3. The number of anilines is 1. The molecule has 0 aliphatic heterocycles. The molecule has 7 heteroatoms. The van der Waals surface area contributed by atoms with E-state index in [-0.39, 0.29) is 16.6 Å². The minimum absolute atomic E-state index is 0.00872. The van der Waals surface area contributed by atoms with E-state index in [0.717, 1.165) is 6.42 Å². The smallest absolute Gasteiger partial charge is 0.288 e. The van der Waals surface area contributed by atoms with Gasteiger partial charge in [0.1, 0.15) is 5.02 Å². The van der Waals surface area contributed by atoms with E-state index >= 15 is 0 Å². The van der Waals surface area contributed by atoms with E-state index in [9.17, 15) is 14.9 Å². The molecule has 3 N–H and O–H groups in total. The van der Waals surface area contributed by atoms with Crippen LogP contribution in [0, 0.1) is 17.0 Å². The molecule has 1 saturated carbocycles. The molecule has 1 aromatic carbocycles. The Morgan fingerprint density at radius 1 is 1.53 bits per heavy atom. The summed E-state index contributed by atoms with van der Waals surface area (Å²) in [5, 5.41) is 13.4. The van der Waals surface area contributed by atoms with Gasteiger partial charge in [-0.3, -0.25) is 14.9 Å². The van der Waals surface area contributed by atoms with Gasteiger partial charge >= 0.3 is 0 Å². The third-order valence-electron chi connectivity index (χ3n) is 3.44. The average Bonchev–Trinajstić information content (AvgIpc) is 2.29. The summed E-state index contributed by atoms with van der Waals surface area (Å²) in [5.74, 6) is -0.272. The van der Waals surface area contributed by atoms with Crippen LogP contribution in [0.15, 0.2) is 12.1 Å². The van der Waals surface area contributed by atoms with Crippen LogP contribution in [0.3, 0.4) is 0 Å². The second-order valence-corrected chi connectivity index (χ2v) is 5.25. The summed E-state index contributed by atoms with van der Waals surface area (Å²) in [5.41, 5.74) is 5.94. The maximum atomic E-state index is 12.0. The fourth-order valence-electron chi connectivity index (χ4n) is 1.97. The van der Waals surface area contributed by atoms with Crippen LogP contribution < -0.4 is 11.1 Å². The van der Waals surface area contributed by atoms with Gasteiger partial charge in [0.05, 0.1) is 10.5 Å². The lowest BCUT2D eigenvalue weighted by atomic mass is 9.77. The zero-order valence-corrected chi connectivity index (χ0v) is 11.2. The van der Waals surface area contributed by atoms with Crippen LogP contribution in [0.25, 0.3) is 0 Å². The lowest BCUT2D eigenvalue weighted by molar-refractivity contribution is -0.384. The number of nitrogens with two attached hydrogens (primary N) is 1. The van der Waals surface area contributed by atoms with Crippen molar-refractivity contribution in [2.75, 3.05) is 5.32 Å². The van der Waals surface area contributed by atoms with Crippen molar-refractivity contribution < 1.29 is 9.72 Å². The monoisotopic (exact) mass is 283 g/mol. The molecule has 1 aromatic rings. The molecule has 0 spiro atoms. The third kappa shape index (κ3) is 2.54. The molecule has 0 aromatic heterocycles. The van der Waals surface area contributed by atoms with E-state index in [0.29, 0.717) is 24.1 Å². The molecule has 0 atom stereocenters. The van der Waals surface area contributed by atoms with Crippen LogP contribution >= 0.6 is 11.6 Å². The van der Waals surface area contributed by atoms with E-state index in [1.165, 1.54) is 12.1 Å². The molecule has 0 unspecified atom stereocenters. The Bertz CT molecular complexity index is 555. The number of hydrogen-bond donors (Lipinski definition) is 2. The van der Waals surface area contributed by atoms with Gasteiger partial charge in [-0.1, -0.05) is 11.6 Å². The number of nitro benzene ring substituents is 1. The van der Waals surface area contributed by atoms with Crippen LogP contribution in [0.2, 0.25) is 5.02 Å². The van der Waals surface area contributed by atoms with E-state index in [4.69, 9.17) is 17.3 Å². The van der Waals surface area contributed by atoms with Gasteiger partial charge in [0.25, 0.3) is 5.69 Å². The molecule has 0 radical (unpaired) electrons. The normalized spacial score (nSPS) is 16.6. The summed E-state index contributed by atoms with van der Waals surface area (Å²) < 4.78 is 0. The number of hydrogen-bond acceptors (Lipinski definition) is 4. The van der Waals surface area contributed by atoms with Crippen LogP contribution in [-0.4, -0.2) is 16.4 Å². The van der Waals surface area contributed by atoms with Gasteiger partial charge in [-0.2, -0.15) is 0 Å². The molecule has 19 heavy (non-hydrogen) atoms. The lowest BCUT2D eigenvalue weighted by Gasteiger charge is -2.36. The summed E-state index contributed by atoms with van der Waals surface area (Å²) in [4.78, 5) is 22.2. The number of halogens is 1. The number of nitro groups is 1. The van der Waals surface area contributed by atoms with Crippen molar-refractivity contribution in [2.24, 2.45) is 5.73 Å². The predicted molar refractivity (Wildman–Crippen MR) is 72.2 cm³/mol. The van der Waals surface area contributed by atoms with Crippen molar-refractivity contribution in [2.45, 2.75) is 31.7 Å². The zero-order valence-electron chi connectivity index (χ0n) is 10.4. The molecular weight excluding hydrogens is 270 g/mol. The maximum absolute atomic E-state index is 12.0. The summed E-state index contributed by atoms with van der Waals surface area (Å²) >= 11 is 5.82. The number of nitrogens with one attached hydrogen (secondary N) is 1. The topological polar surface area (TPSA) is 98.3 Å². The van der Waals surface area contributed by atoms with Crippen molar-refractivity contribution >= 4 is 28.9 Å². The Morgan fingerprint density at radius 3 is 2.63 bits per heavy atom. The molecule has 1 aliphatic rings. The average molecular weight is 284 g/mol. The highest BCUT2D eigenvalue weighted by Crippen LogP contribution is 2.33. The van der Waals surface area contributed by atoms with Crippen LogP contribution in [0.4, 0.5) is 11.4 Å². The predicted octanol–water partition coefficient (Wildman–Crippen LogP) is 2.38. The summed E-state index contributed by atoms with van der Waals surface area (Å²) in [7, 11) is 0.